The number of benzene rings is 1. The molecule has 4 aliphatic heterocycles. The second-order valence-electron chi connectivity index (χ2n) is 16.9. The van der Waals surface area contributed by atoms with Crippen LogP contribution in [0.25, 0.3) is 16.6 Å². The summed E-state index contributed by atoms with van der Waals surface area (Å²) in [5.74, 6) is -0.666. The summed E-state index contributed by atoms with van der Waals surface area (Å²) in [5, 5.41) is 17.4. The van der Waals surface area contributed by atoms with Gasteiger partial charge in [0, 0.05) is 69.0 Å². The molecule has 61 heavy (non-hydrogen) atoms. The SMILES string of the molecule is O=C1CCC(c2coc3c(NC(=O)CN4CCN(C[C@H]5CC[C@H](n6cc(NC(=O)c7cnn8ccc(N9C[C@@H]%10C[C@H]9CO%10)nc78)c(C(F)F)n6)CC5)CC4)cccc23)C(=O)N1. The van der Waals surface area contributed by atoms with Crippen molar-refractivity contribution in [3.63, 3.8) is 0 Å². The molecule has 17 nitrogen and oxygen atoms in total. The molecule has 5 fully saturated rings. The smallest absolute Gasteiger partial charge is 0.284 e. The van der Waals surface area contributed by atoms with Crippen LogP contribution < -0.4 is 20.9 Å². The fraction of sp³-hybridized carbons (Fsp3) is 0.500. The first-order chi connectivity index (χ1) is 29.6. The second kappa shape index (κ2) is 16.2. The Morgan fingerprint density at radius 1 is 0.967 bits per heavy atom. The van der Waals surface area contributed by atoms with E-state index >= 15 is 0 Å². The number of carbonyl (C=O) groups excluding carboxylic acids is 4. The van der Waals surface area contributed by atoms with Gasteiger partial charge < -0.3 is 29.6 Å². The second-order valence-corrected chi connectivity index (χ2v) is 16.9. The molecule has 3 N–H and O–H groups in total. The zero-order chi connectivity index (χ0) is 41.8. The molecule has 4 aromatic heterocycles. The normalized spacial score (nSPS) is 24.9. The Bertz CT molecular complexity index is 2490. The van der Waals surface area contributed by atoms with E-state index in [1.54, 1.807) is 16.9 Å². The van der Waals surface area contributed by atoms with Crippen LogP contribution in [0.5, 0.6) is 0 Å². The Balaban J connectivity index is 0.699. The highest BCUT2D eigenvalue weighted by Gasteiger charge is 2.40. The molecular formula is C42H47F2N11O6. The fourth-order valence-electron chi connectivity index (χ4n) is 9.82. The number of piperidine rings is 1. The molecule has 1 aromatic carbocycles. The first-order valence-electron chi connectivity index (χ1n) is 21.1. The van der Waals surface area contributed by atoms with E-state index in [0.29, 0.717) is 41.4 Å². The number of piperazine rings is 1. The first-order valence-corrected chi connectivity index (χ1v) is 21.1. The summed E-state index contributed by atoms with van der Waals surface area (Å²) in [4.78, 5) is 62.3. The molecule has 8 heterocycles. The first kappa shape index (κ1) is 39.4. The molecule has 1 aliphatic carbocycles. The number of ether oxygens (including phenoxy) is 1. The maximum atomic E-state index is 14.3. The lowest BCUT2D eigenvalue weighted by Crippen LogP contribution is -2.49. The van der Waals surface area contributed by atoms with Crippen molar-refractivity contribution >= 4 is 57.4 Å². The van der Waals surface area contributed by atoms with E-state index in [1.807, 2.05) is 18.2 Å². The number of morpholine rings is 1. The zero-order valence-electron chi connectivity index (χ0n) is 33.5. The van der Waals surface area contributed by atoms with E-state index in [4.69, 9.17) is 14.1 Å². The lowest BCUT2D eigenvalue weighted by atomic mass is 9.85. The summed E-state index contributed by atoms with van der Waals surface area (Å²) in [5.41, 5.74) is 1.78. The van der Waals surface area contributed by atoms with Crippen molar-refractivity contribution in [1.82, 2.24) is 39.5 Å². The molecule has 19 heteroatoms. The third-order valence-electron chi connectivity index (χ3n) is 13.1. The monoisotopic (exact) mass is 839 g/mol. The highest BCUT2D eigenvalue weighted by atomic mass is 19.3. The Hall–Kier alpha value is -5.79. The van der Waals surface area contributed by atoms with Gasteiger partial charge >= 0.3 is 0 Å². The van der Waals surface area contributed by atoms with Gasteiger partial charge in [-0.15, -0.1) is 0 Å². The topological polar surface area (TPSA) is 184 Å². The van der Waals surface area contributed by atoms with Crippen LogP contribution in [0.15, 0.2) is 53.5 Å². The van der Waals surface area contributed by atoms with E-state index in [2.05, 4.69) is 40.8 Å². The molecule has 4 saturated heterocycles. The highest BCUT2D eigenvalue weighted by molar-refractivity contribution is 6.08. The van der Waals surface area contributed by atoms with Crippen LogP contribution in [-0.4, -0.2) is 122 Å². The average molecular weight is 840 g/mol. The van der Waals surface area contributed by atoms with Gasteiger partial charge in [0.1, 0.15) is 11.4 Å². The third-order valence-corrected chi connectivity index (χ3v) is 13.1. The van der Waals surface area contributed by atoms with E-state index in [9.17, 15) is 28.0 Å². The van der Waals surface area contributed by atoms with Crippen LogP contribution in [0.4, 0.5) is 26.0 Å². The van der Waals surface area contributed by atoms with Crippen molar-refractivity contribution in [2.45, 2.75) is 75.5 Å². The number of hydrogen-bond acceptors (Lipinski definition) is 12. The summed E-state index contributed by atoms with van der Waals surface area (Å²) >= 11 is 0. The number of carbonyl (C=O) groups is 4. The molecule has 0 radical (unpaired) electrons. The number of para-hydroxylation sites is 1. The van der Waals surface area contributed by atoms with Gasteiger partial charge in [0.05, 0.1) is 61.1 Å². The maximum Gasteiger partial charge on any atom is 0.284 e. The van der Waals surface area contributed by atoms with Crippen molar-refractivity contribution in [2.24, 2.45) is 5.92 Å². The number of aromatic nitrogens is 5. The molecule has 320 valence electrons. The van der Waals surface area contributed by atoms with Crippen molar-refractivity contribution in [3.8, 4) is 0 Å². The Morgan fingerprint density at radius 2 is 1.79 bits per heavy atom. The van der Waals surface area contributed by atoms with Crippen LogP contribution in [-0.2, 0) is 19.1 Å². The maximum absolute atomic E-state index is 14.3. The largest absolute Gasteiger partial charge is 0.462 e. The van der Waals surface area contributed by atoms with Gasteiger partial charge in [-0.05, 0) is 56.6 Å². The standard InChI is InChI=1S/C42H47F2N11O6/c43-39(44)37-33(47-42(59)30-17-45-54-11-10-34(48-40(30)54)53-19-27-16-26(53)22-60-27)20-55(50-37)25-6-4-24(5-7-25)18-51-12-14-52(15-13-51)21-36(57)46-32-3-1-2-28-31(23-61-38(28)32)29-8-9-35(56)49-41(29)58/h1-3,10-11,17,20,23-27,29,39H,4-9,12-16,18-19,21-22H2,(H,46,57)(H,47,59)(H,49,56,58)/t24-,25-,26-,27-,29?/m0/s1. The van der Waals surface area contributed by atoms with Crippen molar-refractivity contribution in [2.75, 3.05) is 68.0 Å². The predicted octanol–water partition coefficient (Wildman–Crippen LogP) is 4.35. The molecule has 1 unspecified atom stereocenters. The van der Waals surface area contributed by atoms with Crippen LogP contribution in [0.3, 0.4) is 0 Å². The van der Waals surface area contributed by atoms with Crippen LogP contribution in [0.1, 0.15) is 84.9 Å². The fourth-order valence-corrected chi connectivity index (χ4v) is 9.82. The quantitative estimate of drug-likeness (QED) is 0.160. The highest BCUT2D eigenvalue weighted by Crippen LogP contribution is 2.38. The number of nitrogens with one attached hydrogen (secondary N) is 3. The number of furan rings is 1. The molecule has 10 rings (SSSR count). The van der Waals surface area contributed by atoms with Gasteiger partial charge in [-0.25, -0.2) is 18.3 Å². The third kappa shape index (κ3) is 7.85. The molecule has 1 saturated carbocycles. The lowest BCUT2D eigenvalue weighted by molar-refractivity contribution is -0.134. The number of imide groups is 1. The Morgan fingerprint density at radius 3 is 2.54 bits per heavy atom. The number of alkyl halides is 2. The number of anilines is 3. The molecule has 0 spiro atoms. The van der Waals surface area contributed by atoms with E-state index in [-0.39, 0.29) is 60.1 Å². The van der Waals surface area contributed by atoms with Crippen LogP contribution in [0, 0.1) is 5.92 Å². The van der Waals surface area contributed by atoms with Crippen molar-refractivity contribution < 1.29 is 37.1 Å². The van der Waals surface area contributed by atoms with Crippen molar-refractivity contribution in [1.29, 1.82) is 0 Å². The van der Waals surface area contributed by atoms with E-state index in [0.717, 1.165) is 82.6 Å². The van der Waals surface area contributed by atoms with Crippen LogP contribution >= 0.6 is 0 Å². The lowest BCUT2D eigenvalue weighted by Gasteiger charge is -2.38. The molecule has 3 atom stereocenters. The number of fused-ring (bicyclic) bond motifs is 4. The zero-order valence-corrected chi connectivity index (χ0v) is 33.5. The van der Waals surface area contributed by atoms with Gasteiger partial charge in [0.15, 0.2) is 16.9 Å². The minimum absolute atomic E-state index is 0.0184. The Labute approximate surface area is 348 Å². The molecule has 2 bridgehead atoms. The summed E-state index contributed by atoms with van der Waals surface area (Å²) in [6.45, 7) is 5.67. The predicted molar refractivity (Wildman–Crippen MR) is 217 cm³/mol. The Kier molecular flexibility index (Phi) is 10.5. The van der Waals surface area contributed by atoms with Crippen molar-refractivity contribution in [3.05, 3.63) is 65.9 Å². The minimum Gasteiger partial charge on any atom is -0.462 e. The number of halogens is 2. The van der Waals surface area contributed by atoms with Gasteiger partial charge in [0.2, 0.25) is 17.7 Å². The number of hydrogen-bond donors (Lipinski definition) is 3. The van der Waals surface area contributed by atoms with E-state index < -0.39 is 23.9 Å². The van der Waals surface area contributed by atoms with E-state index in [1.165, 1.54) is 23.2 Å². The van der Waals surface area contributed by atoms with Gasteiger partial charge in [-0.1, -0.05) is 12.1 Å². The molecule has 4 amide bonds. The summed E-state index contributed by atoms with van der Waals surface area (Å²) < 4.78 is 43.2. The molecule has 5 aliphatic rings. The van der Waals surface area contributed by atoms with Gasteiger partial charge in [-0.3, -0.25) is 34.1 Å². The van der Waals surface area contributed by atoms with Crippen LogP contribution in [0.2, 0.25) is 0 Å². The summed E-state index contributed by atoms with van der Waals surface area (Å²) in [6, 6.07) is 7.47. The average Bonchev–Trinajstić information content (AvgIpc) is 4.11. The minimum atomic E-state index is -2.87. The van der Waals surface area contributed by atoms with Gasteiger partial charge in [0.25, 0.3) is 12.3 Å². The number of nitrogens with zero attached hydrogens (tertiary/aromatic N) is 8. The van der Waals surface area contributed by atoms with Gasteiger partial charge in [-0.2, -0.15) is 10.2 Å². The number of amides is 4. The molecular weight excluding hydrogens is 793 g/mol. The number of rotatable bonds is 11. The summed E-state index contributed by atoms with van der Waals surface area (Å²) in [7, 11) is 0. The molecule has 5 aromatic rings. The summed E-state index contributed by atoms with van der Waals surface area (Å²) in [6.07, 6.45) is 8.54.